The maximum Gasteiger partial charge on any atom is 0.257 e. The summed E-state index contributed by atoms with van der Waals surface area (Å²) in [5, 5.41) is 22.2. The number of aromatic hydroxyl groups is 1. The number of carbonyl (C=O) groups excluding carboxylic acids is 1. The minimum atomic E-state index is -0.692. The molecule has 0 unspecified atom stereocenters. The van der Waals surface area contributed by atoms with E-state index in [-0.39, 0.29) is 11.7 Å². The highest BCUT2D eigenvalue weighted by Gasteiger charge is 2.53. The molecule has 0 atom stereocenters. The number of β-amino-alcohol motifs (C(OH)–C–C–N with tert-alkyl or cyclic N) is 1. The summed E-state index contributed by atoms with van der Waals surface area (Å²) in [7, 11) is 0. The number of aliphatic hydroxyl groups is 1. The van der Waals surface area contributed by atoms with Crippen LogP contribution < -0.4 is 0 Å². The molecule has 108 valence electrons. The summed E-state index contributed by atoms with van der Waals surface area (Å²) in [6.45, 7) is 0.755. The lowest BCUT2D eigenvalue weighted by Crippen LogP contribution is -2.64. The van der Waals surface area contributed by atoms with E-state index in [1.54, 1.807) is 17.0 Å². The number of fused-ring (bicyclic) bond motifs is 1. The van der Waals surface area contributed by atoms with E-state index >= 15 is 0 Å². The van der Waals surface area contributed by atoms with Gasteiger partial charge in [-0.1, -0.05) is 30.3 Å². The number of amides is 1. The molecule has 1 aliphatic carbocycles. The smallest absolute Gasteiger partial charge is 0.257 e. The van der Waals surface area contributed by atoms with Crippen molar-refractivity contribution >= 4 is 16.7 Å². The maximum atomic E-state index is 12.5. The Labute approximate surface area is 122 Å². The lowest BCUT2D eigenvalue weighted by molar-refractivity contribution is -0.0958. The number of phenols is 1. The number of carbonyl (C=O) groups is 1. The van der Waals surface area contributed by atoms with E-state index in [1.165, 1.54) is 0 Å². The van der Waals surface area contributed by atoms with Gasteiger partial charge >= 0.3 is 0 Å². The summed E-state index contributed by atoms with van der Waals surface area (Å²) in [4.78, 5) is 14.1. The van der Waals surface area contributed by atoms with Crippen LogP contribution in [0.2, 0.25) is 0 Å². The largest absolute Gasteiger partial charge is 0.506 e. The normalized spacial score (nSPS) is 20.3. The van der Waals surface area contributed by atoms with Crippen LogP contribution in [0.3, 0.4) is 0 Å². The molecule has 0 spiro atoms. The van der Waals surface area contributed by atoms with E-state index in [9.17, 15) is 15.0 Å². The molecule has 1 amide bonds. The number of phenolic OH excluding ortho intramolecular Hbond substituents is 1. The molecule has 4 heteroatoms. The van der Waals surface area contributed by atoms with Gasteiger partial charge in [0.25, 0.3) is 5.91 Å². The Morgan fingerprint density at radius 3 is 2.57 bits per heavy atom. The molecule has 2 aromatic carbocycles. The third-order valence-electron chi connectivity index (χ3n) is 4.68. The monoisotopic (exact) mass is 283 g/mol. The standard InChI is InChI=1S/C17H17NO3/c19-15-13-4-2-1-3-11(13)5-8-14(15)16(20)18-9-17(21,10-18)12-6-7-12/h1-5,8,12,19,21H,6-7,9-10H2. The summed E-state index contributed by atoms with van der Waals surface area (Å²) in [5.74, 6) is 0.176. The third kappa shape index (κ3) is 1.90. The summed E-state index contributed by atoms with van der Waals surface area (Å²) in [6.07, 6.45) is 2.11. The number of nitrogens with zero attached hydrogens (tertiary/aromatic N) is 1. The molecule has 0 aromatic heterocycles. The molecule has 1 heterocycles. The Bertz CT molecular complexity index is 730. The predicted octanol–water partition coefficient (Wildman–Crippen LogP) is 2.14. The molecule has 4 nitrogen and oxygen atoms in total. The van der Waals surface area contributed by atoms with Gasteiger partial charge in [0, 0.05) is 5.39 Å². The van der Waals surface area contributed by atoms with E-state index in [4.69, 9.17) is 0 Å². The molecule has 21 heavy (non-hydrogen) atoms. The van der Waals surface area contributed by atoms with Gasteiger partial charge in [0.2, 0.25) is 0 Å². The Morgan fingerprint density at radius 1 is 1.14 bits per heavy atom. The third-order valence-corrected chi connectivity index (χ3v) is 4.68. The molecular weight excluding hydrogens is 266 g/mol. The van der Waals surface area contributed by atoms with Gasteiger partial charge in [0.05, 0.1) is 18.7 Å². The molecule has 2 aromatic rings. The molecule has 2 N–H and O–H groups in total. The molecule has 4 rings (SSSR count). The number of hydrogen-bond donors (Lipinski definition) is 2. The van der Waals surface area contributed by atoms with Crippen LogP contribution in [-0.4, -0.2) is 39.7 Å². The fourth-order valence-corrected chi connectivity index (χ4v) is 3.24. The number of hydrogen-bond acceptors (Lipinski definition) is 3. The lowest BCUT2D eigenvalue weighted by atomic mass is 9.88. The van der Waals surface area contributed by atoms with Gasteiger partial charge in [-0.25, -0.2) is 0 Å². The van der Waals surface area contributed by atoms with Crippen molar-refractivity contribution < 1.29 is 15.0 Å². The Hall–Kier alpha value is -2.07. The van der Waals surface area contributed by atoms with Gasteiger partial charge < -0.3 is 15.1 Å². The van der Waals surface area contributed by atoms with Crippen molar-refractivity contribution in [1.82, 2.24) is 4.90 Å². The molecular formula is C17H17NO3. The Balaban J connectivity index is 1.62. The van der Waals surface area contributed by atoms with Crippen molar-refractivity contribution in [2.24, 2.45) is 5.92 Å². The maximum absolute atomic E-state index is 12.5. The first-order valence-electron chi connectivity index (χ1n) is 7.31. The Kier molecular flexibility index (Phi) is 2.54. The van der Waals surface area contributed by atoms with Crippen LogP contribution in [0.1, 0.15) is 23.2 Å². The van der Waals surface area contributed by atoms with Gasteiger partial charge in [0.15, 0.2) is 0 Å². The van der Waals surface area contributed by atoms with Gasteiger partial charge in [-0.2, -0.15) is 0 Å². The highest BCUT2D eigenvalue weighted by Crippen LogP contribution is 2.45. The summed E-state index contributed by atoms with van der Waals surface area (Å²) >= 11 is 0. The van der Waals surface area contributed by atoms with Crippen molar-refractivity contribution in [2.45, 2.75) is 18.4 Å². The van der Waals surface area contributed by atoms with Crippen molar-refractivity contribution in [3.05, 3.63) is 42.0 Å². The van der Waals surface area contributed by atoms with Crippen molar-refractivity contribution in [3.8, 4) is 5.75 Å². The van der Waals surface area contributed by atoms with Crippen molar-refractivity contribution in [2.75, 3.05) is 13.1 Å². The zero-order valence-electron chi connectivity index (χ0n) is 11.6. The minimum Gasteiger partial charge on any atom is -0.506 e. The summed E-state index contributed by atoms with van der Waals surface area (Å²) in [6, 6.07) is 10.9. The highest BCUT2D eigenvalue weighted by atomic mass is 16.3. The van der Waals surface area contributed by atoms with Crippen molar-refractivity contribution in [1.29, 1.82) is 0 Å². The van der Waals surface area contributed by atoms with E-state index in [1.807, 2.05) is 24.3 Å². The summed E-state index contributed by atoms with van der Waals surface area (Å²) in [5.41, 5.74) is -0.381. The summed E-state index contributed by atoms with van der Waals surface area (Å²) < 4.78 is 0. The molecule has 1 saturated carbocycles. The molecule has 2 fully saturated rings. The lowest BCUT2D eigenvalue weighted by Gasteiger charge is -2.47. The first kappa shape index (κ1) is 12.7. The highest BCUT2D eigenvalue weighted by molar-refractivity contribution is 6.03. The number of rotatable bonds is 2. The first-order chi connectivity index (χ1) is 10.1. The second-order valence-electron chi connectivity index (χ2n) is 6.22. The average Bonchev–Trinajstić information content (AvgIpc) is 3.29. The van der Waals surface area contributed by atoms with Crippen molar-refractivity contribution in [3.63, 3.8) is 0 Å². The van der Waals surface area contributed by atoms with E-state index in [2.05, 4.69) is 0 Å². The predicted molar refractivity (Wildman–Crippen MR) is 79.2 cm³/mol. The van der Waals surface area contributed by atoms with Crippen LogP contribution in [0.15, 0.2) is 36.4 Å². The molecule has 1 saturated heterocycles. The second kappa shape index (κ2) is 4.21. The van der Waals surface area contributed by atoms with E-state index in [0.29, 0.717) is 30.0 Å². The zero-order valence-corrected chi connectivity index (χ0v) is 11.6. The van der Waals surface area contributed by atoms with Gasteiger partial charge in [0.1, 0.15) is 11.4 Å². The molecule has 1 aliphatic heterocycles. The fourth-order valence-electron chi connectivity index (χ4n) is 3.24. The molecule has 0 bridgehead atoms. The first-order valence-corrected chi connectivity index (χ1v) is 7.31. The van der Waals surface area contributed by atoms with Crippen LogP contribution in [0.5, 0.6) is 5.75 Å². The quantitative estimate of drug-likeness (QED) is 0.887. The minimum absolute atomic E-state index is 0.0277. The van der Waals surface area contributed by atoms with Crippen LogP contribution in [0.25, 0.3) is 10.8 Å². The van der Waals surface area contributed by atoms with Gasteiger partial charge in [-0.05, 0) is 30.2 Å². The average molecular weight is 283 g/mol. The fraction of sp³-hybridized carbons (Fsp3) is 0.353. The second-order valence-corrected chi connectivity index (χ2v) is 6.22. The number of benzene rings is 2. The van der Waals surface area contributed by atoms with Crippen LogP contribution in [0, 0.1) is 5.92 Å². The SMILES string of the molecule is O=C(c1ccc2ccccc2c1O)N1CC(O)(C2CC2)C1. The molecule has 2 aliphatic rings. The van der Waals surface area contributed by atoms with E-state index < -0.39 is 5.60 Å². The van der Waals surface area contributed by atoms with Crippen LogP contribution in [0.4, 0.5) is 0 Å². The van der Waals surface area contributed by atoms with Crippen LogP contribution >= 0.6 is 0 Å². The topological polar surface area (TPSA) is 60.8 Å². The van der Waals surface area contributed by atoms with E-state index in [0.717, 1.165) is 18.2 Å². The van der Waals surface area contributed by atoms with Gasteiger partial charge in [-0.3, -0.25) is 4.79 Å². The van der Waals surface area contributed by atoms with Gasteiger partial charge in [-0.15, -0.1) is 0 Å². The molecule has 0 radical (unpaired) electrons. The number of likely N-dealkylation sites (tertiary alicyclic amines) is 1. The Morgan fingerprint density at radius 2 is 1.86 bits per heavy atom. The van der Waals surface area contributed by atoms with Crippen LogP contribution in [-0.2, 0) is 0 Å². The zero-order chi connectivity index (χ0) is 14.6.